The average Bonchev–Trinajstić information content (AvgIpc) is 3.42. The molecule has 9 nitrogen and oxygen atoms in total. The van der Waals surface area contributed by atoms with Crippen LogP contribution in [0.4, 0.5) is 0 Å². The molecule has 0 radical (unpaired) electrons. The van der Waals surface area contributed by atoms with Gasteiger partial charge in [-0.1, -0.05) is 245 Å². The summed E-state index contributed by atoms with van der Waals surface area (Å²) in [7, 11) is 5.90. The average molecular weight is 1100 g/mol. The smallest absolute Gasteiger partial charge is 0.306 e. The van der Waals surface area contributed by atoms with Crippen molar-refractivity contribution in [2.45, 2.75) is 257 Å². The maximum atomic E-state index is 12.9. The third-order valence-corrected chi connectivity index (χ3v) is 13.2. The molecule has 0 aromatic heterocycles. The molecule has 0 saturated heterocycles. The molecule has 0 aliphatic heterocycles. The highest BCUT2D eigenvalue weighted by atomic mass is 16.7. The number of carbonyl (C=O) groups is 3. The van der Waals surface area contributed by atoms with Crippen LogP contribution >= 0.6 is 0 Å². The van der Waals surface area contributed by atoms with E-state index in [0.717, 1.165) is 89.9 Å². The Morgan fingerprint density at radius 1 is 0.392 bits per heavy atom. The van der Waals surface area contributed by atoms with Gasteiger partial charge in [-0.2, -0.15) is 0 Å². The van der Waals surface area contributed by atoms with Crippen molar-refractivity contribution in [1.29, 1.82) is 0 Å². The monoisotopic (exact) mass is 1100 g/mol. The van der Waals surface area contributed by atoms with Crippen LogP contribution in [0, 0.1) is 0 Å². The minimum absolute atomic E-state index is 0.133. The number of esters is 2. The molecule has 9 heteroatoms. The van der Waals surface area contributed by atoms with E-state index in [4.69, 9.17) is 18.9 Å². The van der Waals surface area contributed by atoms with Gasteiger partial charge in [-0.05, 0) is 109 Å². The van der Waals surface area contributed by atoms with Gasteiger partial charge in [0.1, 0.15) is 13.2 Å². The Bertz CT molecular complexity index is 1710. The molecule has 0 heterocycles. The number of nitrogens with zero attached hydrogens (tertiary/aromatic N) is 1. The van der Waals surface area contributed by atoms with Crippen molar-refractivity contribution in [3.8, 4) is 0 Å². The summed E-state index contributed by atoms with van der Waals surface area (Å²) in [4.78, 5) is 37.4. The Hall–Kier alpha value is -4.31. The van der Waals surface area contributed by atoms with Gasteiger partial charge in [-0.15, -0.1) is 0 Å². The van der Waals surface area contributed by atoms with Gasteiger partial charge in [0.05, 0.1) is 40.3 Å². The zero-order valence-electron chi connectivity index (χ0n) is 51.2. The second-order valence-corrected chi connectivity index (χ2v) is 22.0. The topological polar surface area (TPSA) is 111 Å². The van der Waals surface area contributed by atoms with E-state index in [1.54, 1.807) is 0 Å². The molecule has 0 fully saturated rings. The molecular weight excluding hydrogens is 983 g/mol. The zero-order chi connectivity index (χ0) is 57.6. The van der Waals surface area contributed by atoms with Crippen LogP contribution in [0.2, 0.25) is 0 Å². The highest BCUT2D eigenvalue weighted by Gasteiger charge is 2.22. The van der Waals surface area contributed by atoms with Gasteiger partial charge >= 0.3 is 11.9 Å². The first kappa shape index (κ1) is 74.7. The van der Waals surface area contributed by atoms with Crippen LogP contribution in [0.5, 0.6) is 0 Å². The van der Waals surface area contributed by atoms with Gasteiger partial charge in [0.2, 0.25) is 0 Å². The number of allylic oxidation sites excluding steroid dienone is 20. The number of quaternary nitrogens is 1. The minimum Gasteiger partial charge on any atom is -0.545 e. The molecule has 0 N–H and O–H groups in total. The number of rotatable bonds is 57. The Morgan fingerprint density at radius 2 is 0.722 bits per heavy atom. The number of carbonyl (C=O) groups excluding carboxylic acids is 3. The van der Waals surface area contributed by atoms with Crippen molar-refractivity contribution in [1.82, 2.24) is 0 Å². The maximum absolute atomic E-state index is 12.9. The van der Waals surface area contributed by atoms with E-state index in [0.29, 0.717) is 17.4 Å². The molecule has 0 aliphatic carbocycles. The largest absolute Gasteiger partial charge is 0.545 e. The Labute approximate surface area is 485 Å². The number of ether oxygens (including phenoxy) is 4. The third kappa shape index (κ3) is 61.2. The summed E-state index contributed by atoms with van der Waals surface area (Å²) in [5, 5.41) is 11.8. The molecule has 0 rings (SSSR count). The summed E-state index contributed by atoms with van der Waals surface area (Å²) in [5.41, 5.74) is 0. The molecule has 0 aliphatic rings. The van der Waals surface area contributed by atoms with Crippen molar-refractivity contribution in [3.63, 3.8) is 0 Å². The lowest BCUT2D eigenvalue weighted by atomic mass is 10.0. The number of carboxylic acid groups (broad SMARTS) is 1. The molecule has 2 unspecified atom stereocenters. The zero-order valence-corrected chi connectivity index (χ0v) is 51.2. The maximum Gasteiger partial charge on any atom is 0.306 e. The van der Waals surface area contributed by atoms with Gasteiger partial charge in [0.25, 0.3) is 0 Å². The lowest BCUT2D eigenvalue weighted by molar-refractivity contribution is -0.870. The van der Waals surface area contributed by atoms with Gasteiger partial charge in [0, 0.05) is 12.8 Å². The second kappa shape index (κ2) is 59.8. The number of unbranched alkanes of at least 4 members (excludes halogenated alkanes) is 22. The highest BCUT2D eigenvalue weighted by molar-refractivity contribution is 5.70. The first-order chi connectivity index (χ1) is 38.6. The van der Waals surface area contributed by atoms with Crippen LogP contribution in [0.25, 0.3) is 0 Å². The molecule has 0 bridgehead atoms. The number of likely N-dealkylation sites (N-methyl/N-ethyl adjacent to an activating group) is 1. The fourth-order valence-electron chi connectivity index (χ4n) is 8.35. The van der Waals surface area contributed by atoms with E-state index in [1.807, 2.05) is 21.1 Å². The van der Waals surface area contributed by atoms with Gasteiger partial charge in [-0.25, -0.2) is 0 Å². The fourth-order valence-corrected chi connectivity index (χ4v) is 8.35. The summed E-state index contributed by atoms with van der Waals surface area (Å²) in [6.45, 7) is 4.57. The van der Waals surface area contributed by atoms with Crippen molar-refractivity contribution in [2.75, 3.05) is 47.5 Å². The van der Waals surface area contributed by atoms with Crippen molar-refractivity contribution < 1.29 is 42.9 Å². The number of hydrogen-bond donors (Lipinski definition) is 0. The summed E-state index contributed by atoms with van der Waals surface area (Å²) in [6, 6.07) is 0. The van der Waals surface area contributed by atoms with Crippen LogP contribution in [-0.4, -0.2) is 82.3 Å². The Morgan fingerprint density at radius 3 is 1.10 bits per heavy atom. The van der Waals surface area contributed by atoms with Crippen molar-refractivity contribution in [3.05, 3.63) is 122 Å². The summed E-state index contributed by atoms with van der Waals surface area (Å²) < 4.78 is 22.7. The van der Waals surface area contributed by atoms with Gasteiger partial charge in [-0.3, -0.25) is 9.59 Å². The van der Waals surface area contributed by atoms with Crippen LogP contribution in [0.15, 0.2) is 122 Å². The summed E-state index contributed by atoms with van der Waals surface area (Å²) >= 11 is 0. The minimum atomic E-state index is -1.64. The van der Waals surface area contributed by atoms with Crippen molar-refractivity contribution in [2.24, 2.45) is 0 Å². The summed E-state index contributed by atoms with van der Waals surface area (Å²) in [5.74, 6) is -2.35. The van der Waals surface area contributed by atoms with E-state index >= 15 is 0 Å². The lowest BCUT2D eigenvalue weighted by Gasteiger charge is -2.26. The molecule has 0 spiro atoms. The number of hydrogen-bond acceptors (Lipinski definition) is 8. The predicted molar refractivity (Wildman–Crippen MR) is 333 cm³/mol. The highest BCUT2D eigenvalue weighted by Crippen LogP contribution is 2.16. The van der Waals surface area contributed by atoms with Crippen LogP contribution in [0.1, 0.15) is 245 Å². The molecule has 0 amide bonds. The van der Waals surface area contributed by atoms with Crippen LogP contribution < -0.4 is 5.11 Å². The molecule has 450 valence electrons. The Kier molecular flexibility index (Phi) is 56.5. The van der Waals surface area contributed by atoms with Crippen molar-refractivity contribution >= 4 is 17.9 Å². The van der Waals surface area contributed by atoms with Crippen LogP contribution in [0.3, 0.4) is 0 Å². The summed E-state index contributed by atoms with van der Waals surface area (Å²) in [6.07, 6.45) is 81.2. The third-order valence-electron chi connectivity index (χ3n) is 13.2. The van der Waals surface area contributed by atoms with Gasteiger partial charge < -0.3 is 33.3 Å². The Balaban J connectivity index is 4.30. The normalized spacial score (nSPS) is 13.6. The lowest BCUT2D eigenvalue weighted by Crippen LogP contribution is -2.44. The van der Waals surface area contributed by atoms with E-state index in [-0.39, 0.29) is 38.6 Å². The van der Waals surface area contributed by atoms with E-state index in [2.05, 4.69) is 135 Å². The van der Waals surface area contributed by atoms with Gasteiger partial charge in [0.15, 0.2) is 12.4 Å². The number of carboxylic acids is 1. The first-order valence-corrected chi connectivity index (χ1v) is 31.7. The molecule has 0 aromatic rings. The van der Waals surface area contributed by atoms with E-state index in [1.165, 1.54) is 122 Å². The quantitative estimate of drug-likeness (QED) is 0.0195. The second-order valence-electron chi connectivity index (χ2n) is 22.0. The fraction of sp³-hybridized carbons (Fsp3) is 0.671. The molecule has 2 atom stereocenters. The predicted octanol–water partition coefficient (Wildman–Crippen LogP) is 17.9. The molecule has 0 saturated carbocycles. The first-order valence-electron chi connectivity index (χ1n) is 31.7. The van der Waals surface area contributed by atoms with E-state index in [9.17, 15) is 19.5 Å². The number of aliphatic carboxylic acids is 1. The van der Waals surface area contributed by atoms with E-state index < -0.39 is 24.3 Å². The molecule has 0 aromatic carbocycles. The SMILES string of the molecule is CC/C=C\C/C=C\C/C=C\C/C=C\C/C=C\C/C=C\C/C=C\C/C=C\CCCCC(=O)OC(COC(=O)CCCCCCCCCCCCCCCCC/C=C\C/C=C\CCCCCCC)COC(OCC[N+](C)(C)C)C(=O)[O-]. The standard InChI is InChI=1S/C70H117NO8/c1-6-8-10-12-14-16-18-20-22-24-26-28-30-32-34-36-38-40-42-44-46-48-50-52-54-56-58-60-67(72)77-64-66(65-78-70(69(74)75)76-63-62-71(3,4)5)79-68(73)61-59-57-55-53-51-49-47-45-43-41-39-37-35-33-31-29-27-25-23-21-19-17-15-13-11-9-7-2/h9,11,15,17-18,20-21,23-24,26-27,29,33,35,39,41,45,47,51,53,66,70H,6-8,10,12-14,16,19,22,25,28,30-32,34,36-38,40,42-44,46,48-50,52,54-65H2,1-5H3/b11-9-,17-15-,20-18-,23-21-,26-24-,29-27-,35-33-,41-39-,47-45-,53-51-. The van der Waals surface area contributed by atoms with Crippen LogP contribution in [-0.2, 0) is 33.3 Å². The molecular formula is C70H117NO8. The molecule has 79 heavy (non-hydrogen) atoms.